The molecule has 0 atom stereocenters. The number of halogens is 3. The Morgan fingerprint density at radius 3 is 2.18 bits per heavy atom. The molecule has 96 valence electrons. The average molecular weight is 248 g/mol. The van der Waals surface area contributed by atoms with Gasteiger partial charge in [-0.15, -0.1) is 0 Å². The molecule has 0 aliphatic heterocycles. The van der Waals surface area contributed by atoms with E-state index in [0.717, 1.165) is 6.42 Å². The number of hydrogen-bond donors (Lipinski definition) is 2. The van der Waals surface area contributed by atoms with Crippen LogP contribution in [0.25, 0.3) is 0 Å². The van der Waals surface area contributed by atoms with Crippen LogP contribution in [0.15, 0.2) is 6.07 Å². The lowest BCUT2D eigenvalue weighted by atomic mass is 10.4. The maximum atomic E-state index is 12.5. The third-order valence-corrected chi connectivity index (χ3v) is 1.89. The fourth-order valence-corrected chi connectivity index (χ4v) is 1.19. The first-order valence-corrected chi connectivity index (χ1v) is 5.41. The van der Waals surface area contributed by atoms with E-state index in [-0.39, 0.29) is 11.6 Å². The molecule has 1 aromatic heterocycles. The molecule has 1 aromatic rings. The van der Waals surface area contributed by atoms with E-state index in [4.69, 9.17) is 0 Å². The molecule has 0 spiro atoms. The lowest BCUT2D eigenvalue weighted by Gasteiger charge is -2.11. The molecule has 0 amide bonds. The monoisotopic (exact) mass is 248 g/mol. The maximum absolute atomic E-state index is 12.5. The number of alkyl halides is 3. The Morgan fingerprint density at radius 2 is 1.71 bits per heavy atom. The van der Waals surface area contributed by atoms with Crippen LogP contribution in [-0.2, 0) is 6.18 Å². The van der Waals surface area contributed by atoms with Gasteiger partial charge in [-0.05, 0) is 13.3 Å². The average Bonchev–Trinajstić information content (AvgIpc) is 2.25. The second-order valence-corrected chi connectivity index (χ2v) is 3.42. The van der Waals surface area contributed by atoms with E-state index in [2.05, 4.69) is 20.6 Å². The Balaban J connectivity index is 3.01. The van der Waals surface area contributed by atoms with Crippen molar-refractivity contribution in [3.05, 3.63) is 11.9 Å². The van der Waals surface area contributed by atoms with Gasteiger partial charge in [-0.1, -0.05) is 6.92 Å². The highest BCUT2D eigenvalue weighted by Gasteiger charge is 2.35. The topological polar surface area (TPSA) is 49.8 Å². The second-order valence-electron chi connectivity index (χ2n) is 3.42. The predicted octanol–water partition coefficient (Wildman–Crippen LogP) is 2.75. The molecule has 4 nitrogen and oxygen atoms in total. The third kappa shape index (κ3) is 4.08. The zero-order chi connectivity index (χ0) is 12.9. The SMILES string of the molecule is CCCNc1cc(NCC)nc(C(F)(F)F)n1. The molecule has 7 heteroatoms. The van der Waals surface area contributed by atoms with E-state index in [1.807, 2.05) is 6.92 Å². The molecule has 0 saturated heterocycles. The molecule has 0 bridgehead atoms. The van der Waals surface area contributed by atoms with Gasteiger partial charge in [0.15, 0.2) is 0 Å². The van der Waals surface area contributed by atoms with E-state index in [1.54, 1.807) is 6.92 Å². The molecule has 0 unspecified atom stereocenters. The molecule has 1 rings (SSSR count). The minimum absolute atomic E-state index is 0.174. The minimum atomic E-state index is -4.53. The summed E-state index contributed by atoms with van der Waals surface area (Å²) in [5.74, 6) is -0.770. The molecule has 0 radical (unpaired) electrons. The van der Waals surface area contributed by atoms with E-state index < -0.39 is 12.0 Å². The lowest BCUT2D eigenvalue weighted by molar-refractivity contribution is -0.144. The van der Waals surface area contributed by atoms with Crippen molar-refractivity contribution in [2.75, 3.05) is 23.7 Å². The number of hydrogen-bond acceptors (Lipinski definition) is 4. The van der Waals surface area contributed by atoms with Crippen molar-refractivity contribution in [3.8, 4) is 0 Å². The molecular formula is C10H15F3N4. The fourth-order valence-electron chi connectivity index (χ4n) is 1.19. The van der Waals surface area contributed by atoms with Gasteiger partial charge in [-0.3, -0.25) is 0 Å². The molecule has 0 aliphatic rings. The van der Waals surface area contributed by atoms with E-state index in [9.17, 15) is 13.2 Å². The third-order valence-electron chi connectivity index (χ3n) is 1.89. The maximum Gasteiger partial charge on any atom is 0.451 e. The zero-order valence-corrected chi connectivity index (χ0v) is 9.73. The van der Waals surface area contributed by atoms with Crippen LogP contribution in [0, 0.1) is 0 Å². The first-order chi connectivity index (χ1) is 7.97. The highest BCUT2D eigenvalue weighted by atomic mass is 19.4. The van der Waals surface area contributed by atoms with Crippen LogP contribution in [0.4, 0.5) is 24.8 Å². The van der Waals surface area contributed by atoms with Gasteiger partial charge < -0.3 is 10.6 Å². The largest absolute Gasteiger partial charge is 0.451 e. The molecular weight excluding hydrogens is 233 g/mol. The number of aromatic nitrogens is 2. The van der Waals surface area contributed by atoms with Gasteiger partial charge in [0.25, 0.3) is 0 Å². The van der Waals surface area contributed by atoms with E-state index in [0.29, 0.717) is 13.1 Å². The molecule has 2 N–H and O–H groups in total. The Morgan fingerprint density at radius 1 is 1.12 bits per heavy atom. The summed E-state index contributed by atoms with van der Waals surface area (Å²) in [6.07, 6.45) is -3.73. The van der Waals surface area contributed by atoms with Crippen LogP contribution in [0.5, 0.6) is 0 Å². The minimum Gasteiger partial charge on any atom is -0.370 e. The van der Waals surface area contributed by atoms with Crippen molar-refractivity contribution in [1.29, 1.82) is 0 Å². The normalized spacial score (nSPS) is 11.4. The number of nitrogens with zero attached hydrogens (tertiary/aromatic N) is 2. The summed E-state index contributed by atoms with van der Waals surface area (Å²) in [6, 6.07) is 1.47. The lowest BCUT2D eigenvalue weighted by Crippen LogP contribution is -2.15. The van der Waals surface area contributed by atoms with Crippen LogP contribution >= 0.6 is 0 Å². The van der Waals surface area contributed by atoms with Gasteiger partial charge in [0.1, 0.15) is 11.6 Å². The zero-order valence-electron chi connectivity index (χ0n) is 9.73. The van der Waals surface area contributed by atoms with Crippen LogP contribution in [-0.4, -0.2) is 23.1 Å². The molecule has 17 heavy (non-hydrogen) atoms. The number of anilines is 2. The van der Waals surface area contributed by atoms with Crippen molar-refractivity contribution in [1.82, 2.24) is 9.97 Å². The summed E-state index contributed by atoms with van der Waals surface area (Å²) in [4.78, 5) is 6.85. The summed E-state index contributed by atoms with van der Waals surface area (Å²) in [6.45, 7) is 4.78. The van der Waals surface area contributed by atoms with Gasteiger partial charge in [0, 0.05) is 19.2 Å². The van der Waals surface area contributed by atoms with Gasteiger partial charge in [-0.25, -0.2) is 9.97 Å². The van der Waals surface area contributed by atoms with Crippen molar-refractivity contribution in [2.24, 2.45) is 0 Å². The molecule has 0 fully saturated rings. The Bertz CT molecular complexity index is 365. The summed E-state index contributed by atoms with van der Waals surface area (Å²) >= 11 is 0. The van der Waals surface area contributed by atoms with Crippen molar-refractivity contribution >= 4 is 11.6 Å². The van der Waals surface area contributed by atoms with Gasteiger partial charge in [0.2, 0.25) is 5.82 Å². The van der Waals surface area contributed by atoms with Crippen molar-refractivity contribution in [3.63, 3.8) is 0 Å². The first kappa shape index (κ1) is 13.5. The molecule has 0 aliphatic carbocycles. The summed E-state index contributed by atoms with van der Waals surface area (Å²) in [7, 11) is 0. The summed E-state index contributed by atoms with van der Waals surface area (Å²) in [5.41, 5.74) is 0. The molecule has 0 aromatic carbocycles. The smallest absolute Gasteiger partial charge is 0.370 e. The first-order valence-electron chi connectivity index (χ1n) is 5.41. The highest BCUT2D eigenvalue weighted by molar-refractivity contribution is 5.47. The Labute approximate surface area is 97.7 Å². The van der Waals surface area contributed by atoms with Gasteiger partial charge >= 0.3 is 6.18 Å². The number of nitrogens with one attached hydrogen (secondary N) is 2. The Hall–Kier alpha value is -1.53. The van der Waals surface area contributed by atoms with Crippen LogP contribution in [0.2, 0.25) is 0 Å². The standard InChI is InChI=1S/C10H15F3N4/c1-3-5-15-8-6-7(14-4-2)16-9(17-8)10(11,12)13/h6H,3-5H2,1-2H3,(H2,14,15,16,17). The van der Waals surface area contributed by atoms with E-state index in [1.165, 1.54) is 6.07 Å². The van der Waals surface area contributed by atoms with Gasteiger partial charge in [-0.2, -0.15) is 13.2 Å². The van der Waals surface area contributed by atoms with E-state index >= 15 is 0 Å². The predicted molar refractivity (Wildman–Crippen MR) is 60.0 cm³/mol. The molecule has 1 heterocycles. The van der Waals surface area contributed by atoms with Crippen molar-refractivity contribution < 1.29 is 13.2 Å². The quantitative estimate of drug-likeness (QED) is 0.841. The second kappa shape index (κ2) is 5.70. The van der Waals surface area contributed by atoms with Gasteiger partial charge in [0.05, 0.1) is 0 Å². The molecule has 0 saturated carbocycles. The number of rotatable bonds is 5. The van der Waals surface area contributed by atoms with Crippen LogP contribution in [0.3, 0.4) is 0 Å². The fraction of sp³-hybridized carbons (Fsp3) is 0.600. The summed E-state index contributed by atoms with van der Waals surface area (Å²) < 4.78 is 37.6. The highest BCUT2D eigenvalue weighted by Crippen LogP contribution is 2.28. The summed E-state index contributed by atoms with van der Waals surface area (Å²) in [5, 5.41) is 5.56. The Kier molecular flexibility index (Phi) is 4.53. The van der Waals surface area contributed by atoms with Crippen LogP contribution in [0.1, 0.15) is 26.1 Å². The van der Waals surface area contributed by atoms with Crippen LogP contribution < -0.4 is 10.6 Å². The van der Waals surface area contributed by atoms with Crippen molar-refractivity contribution in [2.45, 2.75) is 26.4 Å².